The lowest BCUT2D eigenvalue weighted by atomic mass is 9.75. The molecule has 1 saturated heterocycles. The second-order valence-corrected chi connectivity index (χ2v) is 7.43. The summed E-state index contributed by atoms with van der Waals surface area (Å²) in [5.41, 5.74) is 1.49. The Morgan fingerprint density at radius 3 is 2.67 bits per heavy atom. The lowest BCUT2D eigenvalue weighted by molar-refractivity contribution is -0.118. The van der Waals surface area contributed by atoms with Crippen molar-refractivity contribution in [2.45, 2.75) is 68.8 Å². The highest BCUT2D eigenvalue weighted by Crippen LogP contribution is 2.42. The summed E-state index contributed by atoms with van der Waals surface area (Å²) < 4.78 is 6.20. The molecule has 2 heteroatoms. The number of rotatable bonds is 4. The summed E-state index contributed by atoms with van der Waals surface area (Å²) in [6.45, 7) is 0.961. The average Bonchev–Trinajstić information content (AvgIpc) is 2.54. The first-order valence-electron chi connectivity index (χ1n) is 8.60. The predicted octanol–water partition coefficient (Wildman–Crippen LogP) is 5.88. The Balaban J connectivity index is 1.51. The van der Waals surface area contributed by atoms with E-state index in [9.17, 15) is 0 Å². The highest BCUT2D eigenvalue weighted by atomic mass is 35.5. The Kier molecular flexibility index (Phi) is 5.24. The molecule has 0 N–H and O–H groups in total. The van der Waals surface area contributed by atoms with Gasteiger partial charge in [-0.2, -0.15) is 0 Å². The topological polar surface area (TPSA) is 9.23 Å². The van der Waals surface area contributed by atoms with Crippen LogP contribution in [0.1, 0.15) is 68.7 Å². The maximum atomic E-state index is 6.57. The van der Waals surface area contributed by atoms with Crippen LogP contribution in [0, 0.1) is 5.92 Å². The molecule has 1 spiro atoms. The molecule has 2 atom stereocenters. The summed E-state index contributed by atoms with van der Waals surface area (Å²) in [7, 11) is 0. The predicted molar refractivity (Wildman–Crippen MR) is 88.8 cm³/mol. The van der Waals surface area contributed by atoms with Crippen LogP contribution in [-0.4, -0.2) is 12.2 Å². The van der Waals surface area contributed by atoms with Gasteiger partial charge in [-0.25, -0.2) is 0 Å². The van der Waals surface area contributed by atoms with E-state index in [0.717, 1.165) is 18.9 Å². The summed E-state index contributed by atoms with van der Waals surface area (Å²) in [5.74, 6) is 0.807. The third-order valence-corrected chi connectivity index (χ3v) is 5.82. The summed E-state index contributed by atoms with van der Waals surface area (Å²) in [6.07, 6.45) is 11.5. The molecule has 1 heterocycles. The van der Waals surface area contributed by atoms with Crippen LogP contribution in [-0.2, 0) is 4.74 Å². The Labute approximate surface area is 134 Å². The van der Waals surface area contributed by atoms with Crippen molar-refractivity contribution >= 4 is 11.6 Å². The van der Waals surface area contributed by atoms with Crippen LogP contribution >= 0.6 is 11.6 Å². The molecule has 1 aromatic rings. The molecule has 0 radical (unpaired) electrons. The first-order chi connectivity index (χ1) is 10.3. The summed E-state index contributed by atoms with van der Waals surface area (Å²) in [4.78, 5) is 0. The molecule has 116 valence electrons. The molecule has 1 saturated carbocycles. The van der Waals surface area contributed by atoms with Crippen LogP contribution in [0.2, 0.25) is 0 Å². The van der Waals surface area contributed by atoms with Crippen LogP contribution in [0.4, 0.5) is 0 Å². The van der Waals surface area contributed by atoms with Gasteiger partial charge in [0.2, 0.25) is 0 Å². The Morgan fingerprint density at radius 2 is 1.90 bits per heavy atom. The number of hydrogen-bond donors (Lipinski definition) is 0. The average molecular weight is 307 g/mol. The maximum absolute atomic E-state index is 6.57. The van der Waals surface area contributed by atoms with Crippen molar-refractivity contribution in [1.29, 1.82) is 0 Å². The summed E-state index contributed by atoms with van der Waals surface area (Å²) >= 11 is 6.57. The zero-order chi connectivity index (χ0) is 14.5. The minimum absolute atomic E-state index is 0.163. The van der Waals surface area contributed by atoms with E-state index in [1.807, 2.05) is 0 Å². The van der Waals surface area contributed by atoms with Gasteiger partial charge in [-0.15, -0.1) is 11.6 Å². The second-order valence-electron chi connectivity index (χ2n) is 6.91. The highest BCUT2D eigenvalue weighted by Gasteiger charge is 2.38. The molecule has 2 fully saturated rings. The molecule has 0 aromatic heterocycles. The largest absolute Gasteiger partial charge is 0.375 e. The highest BCUT2D eigenvalue weighted by molar-refractivity contribution is 6.20. The SMILES string of the molecule is ClC(CCC1CCOC2(CCCCC2)C1)c1ccccc1. The monoisotopic (exact) mass is 306 g/mol. The fraction of sp³-hybridized carbons (Fsp3) is 0.684. The van der Waals surface area contributed by atoms with Gasteiger partial charge in [0.05, 0.1) is 11.0 Å². The molecule has 0 amide bonds. The second kappa shape index (κ2) is 7.15. The summed E-state index contributed by atoms with van der Waals surface area (Å²) in [5, 5.41) is 0.163. The van der Waals surface area contributed by atoms with Crippen molar-refractivity contribution in [3.63, 3.8) is 0 Å². The lowest BCUT2D eigenvalue weighted by Crippen LogP contribution is -2.41. The zero-order valence-corrected chi connectivity index (χ0v) is 13.7. The number of alkyl halides is 1. The molecule has 1 aliphatic carbocycles. The van der Waals surface area contributed by atoms with Gasteiger partial charge in [0, 0.05) is 6.61 Å². The van der Waals surface area contributed by atoms with E-state index in [-0.39, 0.29) is 11.0 Å². The molecule has 3 rings (SSSR count). The molecule has 1 nitrogen and oxygen atoms in total. The molecule has 2 unspecified atom stereocenters. The first kappa shape index (κ1) is 15.4. The third-order valence-electron chi connectivity index (χ3n) is 5.35. The van der Waals surface area contributed by atoms with Gasteiger partial charge >= 0.3 is 0 Å². The van der Waals surface area contributed by atoms with E-state index in [2.05, 4.69) is 30.3 Å². The van der Waals surface area contributed by atoms with Gasteiger partial charge in [-0.05, 0) is 50.0 Å². The van der Waals surface area contributed by atoms with E-state index < -0.39 is 0 Å². The molecule has 1 aliphatic heterocycles. The van der Waals surface area contributed by atoms with Crippen molar-refractivity contribution < 1.29 is 4.74 Å². The number of benzene rings is 1. The van der Waals surface area contributed by atoms with E-state index in [0.29, 0.717) is 0 Å². The van der Waals surface area contributed by atoms with Gasteiger partial charge in [-0.3, -0.25) is 0 Å². The normalized spacial score (nSPS) is 26.6. The standard InChI is InChI=1S/C19H27ClO/c20-18(17-7-3-1-4-8-17)10-9-16-11-14-21-19(15-16)12-5-2-6-13-19/h1,3-4,7-8,16,18H,2,5-6,9-15H2. The van der Waals surface area contributed by atoms with Gasteiger partial charge in [-0.1, -0.05) is 49.6 Å². The minimum Gasteiger partial charge on any atom is -0.375 e. The Hall–Kier alpha value is -0.530. The van der Waals surface area contributed by atoms with Crippen LogP contribution < -0.4 is 0 Å². The van der Waals surface area contributed by atoms with Gasteiger partial charge in [0.1, 0.15) is 0 Å². The van der Waals surface area contributed by atoms with Gasteiger partial charge in [0.25, 0.3) is 0 Å². The minimum atomic E-state index is 0.163. The van der Waals surface area contributed by atoms with Crippen LogP contribution in [0.3, 0.4) is 0 Å². The lowest BCUT2D eigenvalue weighted by Gasteiger charge is -2.43. The fourth-order valence-electron chi connectivity index (χ4n) is 4.13. The maximum Gasteiger partial charge on any atom is 0.0685 e. The van der Waals surface area contributed by atoms with E-state index in [1.165, 1.54) is 56.9 Å². The van der Waals surface area contributed by atoms with Gasteiger partial charge < -0.3 is 4.74 Å². The quantitative estimate of drug-likeness (QED) is 0.631. The number of ether oxygens (including phenoxy) is 1. The molecule has 0 bridgehead atoms. The first-order valence-corrected chi connectivity index (χ1v) is 9.04. The molecular weight excluding hydrogens is 280 g/mol. The fourth-order valence-corrected chi connectivity index (χ4v) is 4.40. The smallest absolute Gasteiger partial charge is 0.0685 e. The van der Waals surface area contributed by atoms with Crippen LogP contribution in [0.15, 0.2) is 30.3 Å². The Bertz CT molecular complexity index is 419. The van der Waals surface area contributed by atoms with Crippen molar-refractivity contribution in [1.82, 2.24) is 0 Å². The molecular formula is C19H27ClO. The van der Waals surface area contributed by atoms with E-state index in [1.54, 1.807) is 0 Å². The van der Waals surface area contributed by atoms with Crippen molar-refractivity contribution in [2.24, 2.45) is 5.92 Å². The molecule has 21 heavy (non-hydrogen) atoms. The van der Waals surface area contributed by atoms with E-state index in [4.69, 9.17) is 16.3 Å². The van der Waals surface area contributed by atoms with Crippen molar-refractivity contribution in [3.05, 3.63) is 35.9 Å². The summed E-state index contributed by atoms with van der Waals surface area (Å²) in [6, 6.07) is 10.5. The Morgan fingerprint density at radius 1 is 1.14 bits per heavy atom. The van der Waals surface area contributed by atoms with Crippen molar-refractivity contribution in [2.75, 3.05) is 6.61 Å². The molecule has 1 aromatic carbocycles. The third kappa shape index (κ3) is 4.02. The van der Waals surface area contributed by atoms with Gasteiger partial charge in [0.15, 0.2) is 0 Å². The van der Waals surface area contributed by atoms with Crippen molar-refractivity contribution in [3.8, 4) is 0 Å². The zero-order valence-electron chi connectivity index (χ0n) is 12.9. The number of hydrogen-bond acceptors (Lipinski definition) is 1. The molecule has 2 aliphatic rings. The number of halogens is 1. The van der Waals surface area contributed by atoms with Crippen LogP contribution in [0.25, 0.3) is 0 Å². The van der Waals surface area contributed by atoms with E-state index >= 15 is 0 Å². The van der Waals surface area contributed by atoms with Crippen LogP contribution in [0.5, 0.6) is 0 Å².